The lowest BCUT2D eigenvalue weighted by molar-refractivity contribution is 0.413. The van der Waals surface area contributed by atoms with Gasteiger partial charge in [-0.2, -0.15) is 0 Å². The second-order valence-corrected chi connectivity index (χ2v) is 10.5. The maximum Gasteiger partial charge on any atom is 0.271 e. The molecule has 174 valence electrons. The number of methoxy groups -OCH3 is 1. The Kier molecular flexibility index (Phi) is 5.46. The summed E-state index contributed by atoms with van der Waals surface area (Å²) in [6.07, 6.45) is 3.47. The average molecular weight is 545 g/mol. The van der Waals surface area contributed by atoms with Crippen LogP contribution in [0.3, 0.4) is 0 Å². The predicted octanol–water partition coefficient (Wildman–Crippen LogP) is 4.80. The monoisotopic (exact) mass is 544 g/mol. The van der Waals surface area contributed by atoms with Gasteiger partial charge >= 0.3 is 0 Å². The Balaban J connectivity index is 1.64. The Labute approximate surface area is 214 Å². The Bertz CT molecular complexity index is 1700. The van der Waals surface area contributed by atoms with E-state index in [9.17, 15) is 9.90 Å². The molecule has 0 fully saturated rings. The Morgan fingerprint density at radius 2 is 1.97 bits per heavy atom. The van der Waals surface area contributed by atoms with Crippen LogP contribution in [-0.4, -0.2) is 16.8 Å². The normalized spacial score (nSPS) is 16.9. The number of aromatic hydroxyl groups is 1. The number of rotatable bonds is 3. The Morgan fingerprint density at radius 3 is 2.83 bits per heavy atom. The number of phenols is 1. The molecule has 5 nitrogen and oxygen atoms in total. The molecule has 4 aromatic rings. The van der Waals surface area contributed by atoms with Gasteiger partial charge in [-0.3, -0.25) is 9.36 Å². The largest absolute Gasteiger partial charge is 0.507 e. The molecule has 0 unspecified atom stereocenters. The van der Waals surface area contributed by atoms with Gasteiger partial charge < -0.3 is 9.84 Å². The highest BCUT2D eigenvalue weighted by molar-refractivity contribution is 9.10. The molecule has 1 aliphatic heterocycles. The zero-order valence-corrected chi connectivity index (χ0v) is 21.3. The molecule has 0 saturated carbocycles. The number of hydrogen-bond donors (Lipinski definition) is 1. The first-order chi connectivity index (χ1) is 17.0. The zero-order valence-electron chi connectivity index (χ0n) is 18.9. The molecule has 1 N–H and O–H groups in total. The summed E-state index contributed by atoms with van der Waals surface area (Å²) < 4.78 is 8.66. The minimum absolute atomic E-state index is 0.119. The molecule has 1 aliphatic carbocycles. The van der Waals surface area contributed by atoms with Gasteiger partial charge in [0.15, 0.2) is 4.80 Å². The summed E-state index contributed by atoms with van der Waals surface area (Å²) in [5, 5.41) is 10.4. The minimum atomic E-state index is -0.275. The van der Waals surface area contributed by atoms with Crippen molar-refractivity contribution in [1.29, 1.82) is 0 Å². The second-order valence-electron chi connectivity index (χ2n) is 8.59. The number of fused-ring (bicyclic) bond motifs is 3. The maximum absolute atomic E-state index is 13.8. The summed E-state index contributed by atoms with van der Waals surface area (Å²) in [5.74, 6) is 0.871. The van der Waals surface area contributed by atoms with Gasteiger partial charge in [0.05, 0.1) is 23.4 Å². The number of allylic oxidation sites excluding steroid dienone is 1. The number of nitrogens with zero attached hydrogens (tertiary/aromatic N) is 2. The lowest BCUT2D eigenvalue weighted by atomic mass is 9.83. The maximum atomic E-state index is 13.8. The summed E-state index contributed by atoms with van der Waals surface area (Å²) in [4.78, 5) is 19.5. The molecule has 35 heavy (non-hydrogen) atoms. The van der Waals surface area contributed by atoms with Crippen molar-refractivity contribution in [3.63, 3.8) is 0 Å². The van der Waals surface area contributed by atoms with Crippen LogP contribution in [0, 0.1) is 0 Å². The smallest absolute Gasteiger partial charge is 0.271 e. The first-order valence-electron chi connectivity index (χ1n) is 11.3. The molecular formula is C28H21BrN2O3S. The van der Waals surface area contributed by atoms with Crippen LogP contribution in [0.25, 0.3) is 11.8 Å². The van der Waals surface area contributed by atoms with Gasteiger partial charge in [0, 0.05) is 15.6 Å². The molecule has 2 aliphatic rings. The van der Waals surface area contributed by atoms with Crippen LogP contribution in [0.5, 0.6) is 11.5 Å². The van der Waals surface area contributed by atoms with Gasteiger partial charge in [0.1, 0.15) is 11.5 Å². The Morgan fingerprint density at radius 1 is 1.11 bits per heavy atom. The van der Waals surface area contributed by atoms with E-state index in [2.05, 4.69) is 34.1 Å². The van der Waals surface area contributed by atoms with E-state index in [1.54, 1.807) is 36.0 Å². The minimum Gasteiger partial charge on any atom is -0.507 e. The summed E-state index contributed by atoms with van der Waals surface area (Å²) in [6.45, 7) is 0. The number of halogens is 1. The van der Waals surface area contributed by atoms with Gasteiger partial charge in [0.25, 0.3) is 5.56 Å². The van der Waals surface area contributed by atoms with Crippen LogP contribution < -0.4 is 19.6 Å². The van der Waals surface area contributed by atoms with Crippen molar-refractivity contribution in [1.82, 2.24) is 4.57 Å². The van der Waals surface area contributed by atoms with E-state index in [1.165, 1.54) is 16.9 Å². The van der Waals surface area contributed by atoms with Crippen LogP contribution in [-0.2, 0) is 6.42 Å². The summed E-state index contributed by atoms with van der Waals surface area (Å²) in [5.41, 5.74) is 5.95. The molecule has 1 atom stereocenters. The molecule has 0 radical (unpaired) electrons. The molecule has 0 spiro atoms. The molecule has 3 aromatic carbocycles. The number of aryl methyl sites for hydroxylation is 1. The molecule has 0 saturated heterocycles. The van der Waals surface area contributed by atoms with E-state index in [4.69, 9.17) is 9.73 Å². The summed E-state index contributed by atoms with van der Waals surface area (Å²) in [6, 6.07) is 21.2. The van der Waals surface area contributed by atoms with Crippen molar-refractivity contribution in [2.45, 2.75) is 18.9 Å². The highest BCUT2D eigenvalue weighted by Gasteiger charge is 2.32. The first-order valence-corrected chi connectivity index (χ1v) is 12.9. The number of hydrogen-bond acceptors (Lipinski definition) is 5. The highest BCUT2D eigenvalue weighted by Crippen LogP contribution is 2.41. The Hall–Kier alpha value is -3.42. The molecule has 2 heterocycles. The first kappa shape index (κ1) is 22.1. The topological polar surface area (TPSA) is 63.8 Å². The summed E-state index contributed by atoms with van der Waals surface area (Å²) in [7, 11) is 1.65. The van der Waals surface area contributed by atoms with Gasteiger partial charge in [-0.15, -0.1) is 0 Å². The zero-order chi connectivity index (χ0) is 24.1. The second kappa shape index (κ2) is 8.66. The molecule has 7 heteroatoms. The lowest BCUT2D eigenvalue weighted by Gasteiger charge is -2.31. The predicted molar refractivity (Wildman–Crippen MR) is 142 cm³/mol. The van der Waals surface area contributed by atoms with E-state index >= 15 is 0 Å². The standard InChI is InChI=1S/C28H21BrN2O3S/c1-34-20-7-4-6-17(14-20)26-22-11-9-16-5-2-3-8-21(16)25(22)30-28-31(26)27(33)24(35-28)15-18-13-19(29)10-12-23(18)32/h2-8,10,12-15,26,32H,9,11H2,1H3/b24-15+/t26-/m1/s1. The quantitative estimate of drug-likeness (QED) is 0.403. The van der Waals surface area contributed by atoms with Crippen molar-refractivity contribution in [3.8, 4) is 11.5 Å². The van der Waals surface area contributed by atoms with Crippen molar-refractivity contribution in [2.24, 2.45) is 4.99 Å². The van der Waals surface area contributed by atoms with Crippen LogP contribution in [0.1, 0.15) is 34.7 Å². The van der Waals surface area contributed by atoms with E-state index in [1.807, 2.05) is 30.3 Å². The fourth-order valence-corrected chi connectivity index (χ4v) is 6.29. The SMILES string of the molecule is COc1cccc([C@@H]2C3=C(N=c4s/c(=C/c5cc(Br)ccc5O)c(=O)n42)c2ccccc2CC3)c1. The van der Waals surface area contributed by atoms with E-state index in [-0.39, 0.29) is 17.4 Å². The third-order valence-corrected chi connectivity index (χ3v) is 8.03. The van der Waals surface area contributed by atoms with E-state index < -0.39 is 0 Å². The molecule has 0 amide bonds. The highest BCUT2D eigenvalue weighted by atomic mass is 79.9. The van der Waals surface area contributed by atoms with E-state index in [0.717, 1.165) is 45.5 Å². The van der Waals surface area contributed by atoms with Crippen molar-refractivity contribution >= 4 is 39.0 Å². The van der Waals surface area contributed by atoms with Crippen molar-refractivity contribution < 1.29 is 9.84 Å². The fourth-order valence-electron chi connectivity index (χ4n) is 4.92. The number of aromatic nitrogens is 1. The van der Waals surface area contributed by atoms with Crippen LogP contribution in [0.4, 0.5) is 0 Å². The molecular weight excluding hydrogens is 524 g/mol. The van der Waals surface area contributed by atoms with Crippen molar-refractivity contribution in [2.75, 3.05) is 7.11 Å². The van der Waals surface area contributed by atoms with Gasteiger partial charge in [0.2, 0.25) is 0 Å². The van der Waals surface area contributed by atoms with Gasteiger partial charge in [-0.25, -0.2) is 4.99 Å². The third kappa shape index (κ3) is 3.75. The van der Waals surface area contributed by atoms with Crippen LogP contribution in [0.15, 0.2) is 86.6 Å². The number of benzene rings is 3. The summed E-state index contributed by atoms with van der Waals surface area (Å²) >= 11 is 4.79. The van der Waals surface area contributed by atoms with Gasteiger partial charge in [-0.1, -0.05) is 63.7 Å². The lowest BCUT2D eigenvalue weighted by Crippen LogP contribution is -2.38. The van der Waals surface area contributed by atoms with Crippen LogP contribution in [0.2, 0.25) is 0 Å². The van der Waals surface area contributed by atoms with Crippen LogP contribution >= 0.6 is 27.3 Å². The van der Waals surface area contributed by atoms with Crippen molar-refractivity contribution in [3.05, 3.63) is 119 Å². The number of thiazole rings is 1. The number of phenolic OH excluding ortho intramolecular Hbond substituents is 1. The fraction of sp³-hybridized carbons (Fsp3) is 0.143. The number of ether oxygens (including phenoxy) is 1. The molecule has 6 rings (SSSR count). The molecule has 1 aromatic heterocycles. The average Bonchev–Trinajstić information content (AvgIpc) is 3.19. The van der Waals surface area contributed by atoms with E-state index in [0.29, 0.717) is 14.9 Å². The van der Waals surface area contributed by atoms with Gasteiger partial charge in [-0.05, 0) is 65.9 Å². The third-order valence-electron chi connectivity index (χ3n) is 6.56. The molecule has 0 bridgehead atoms.